The molecule has 0 radical (unpaired) electrons. The van der Waals surface area contributed by atoms with Gasteiger partial charge in [0.25, 0.3) is 0 Å². The molecule has 0 aliphatic rings. The monoisotopic (exact) mass is 224 g/mol. The minimum absolute atomic E-state index is 0.120. The van der Waals surface area contributed by atoms with Gasteiger partial charge in [0.1, 0.15) is 11.3 Å². The first-order valence-electron chi connectivity index (χ1n) is 4.71. The highest BCUT2D eigenvalue weighted by molar-refractivity contribution is 5.97. The summed E-state index contributed by atoms with van der Waals surface area (Å²) in [5.74, 6) is -2.22. The van der Waals surface area contributed by atoms with E-state index in [9.17, 15) is 14.7 Å². The van der Waals surface area contributed by atoms with Crippen molar-refractivity contribution in [2.24, 2.45) is 0 Å². The van der Waals surface area contributed by atoms with Crippen LogP contribution in [0.5, 0.6) is 5.75 Å². The van der Waals surface area contributed by atoms with Crippen molar-refractivity contribution in [1.82, 2.24) is 0 Å². The second kappa shape index (κ2) is 4.65. The predicted octanol–water partition coefficient (Wildman–Crippen LogP) is 1.58. The van der Waals surface area contributed by atoms with Gasteiger partial charge in [-0.15, -0.1) is 0 Å². The van der Waals surface area contributed by atoms with Gasteiger partial charge in [-0.3, -0.25) is 0 Å². The molecule has 5 nitrogen and oxygen atoms in total. The molecule has 0 unspecified atom stereocenters. The average Bonchev–Trinajstić information content (AvgIpc) is 2.21. The first-order chi connectivity index (χ1) is 7.47. The molecule has 0 atom stereocenters. The minimum Gasteiger partial charge on any atom is -0.507 e. The van der Waals surface area contributed by atoms with Crippen molar-refractivity contribution in [2.45, 2.75) is 13.8 Å². The molecular weight excluding hydrogens is 212 g/mol. The number of aryl methyl sites for hydroxylation is 1. The molecule has 0 amide bonds. The Kier molecular flexibility index (Phi) is 3.50. The predicted molar refractivity (Wildman–Crippen MR) is 55.8 cm³/mol. The molecule has 2 N–H and O–H groups in total. The van der Waals surface area contributed by atoms with Crippen LogP contribution in [0.15, 0.2) is 12.1 Å². The SMILES string of the molecule is CCOC(=O)c1cc(C)c(O)c(C(=O)O)c1. The number of ether oxygens (including phenoxy) is 1. The van der Waals surface area contributed by atoms with Crippen LogP contribution in [0.1, 0.15) is 33.2 Å². The molecule has 0 bridgehead atoms. The van der Waals surface area contributed by atoms with Crippen molar-refractivity contribution >= 4 is 11.9 Å². The Morgan fingerprint density at radius 2 is 2.00 bits per heavy atom. The summed E-state index contributed by atoms with van der Waals surface area (Å²) in [6.07, 6.45) is 0. The molecule has 1 rings (SSSR count). The van der Waals surface area contributed by atoms with Crippen LogP contribution in [-0.4, -0.2) is 28.8 Å². The minimum atomic E-state index is -1.29. The standard InChI is InChI=1S/C11H12O5/c1-3-16-11(15)7-4-6(2)9(12)8(5-7)10(13)14/h4-5,12H,3H2,1-2H3,(H,13,14). The maximum atomic E-state index is 11.4. The van der Waals surface area contributed by atoms with Crippen LogP contribution in [0, 0.1) is 6.92 Å². The van der Waals surface area contributed by atoms with Crippen molar-refractivity contribution in [2.75, 3.05) is 6.61 Å². The Morgan fingerprint density at radius 3 is 2.50 bits per heavy atom. The van der Waals surface area contributed by atoms with Gasteiger partial charge in [0.05, 0.1) is 12.2 Å². The quantitative estimate of drug-likeness (QED) is 0.761. The largest absolute Gasteiger partial charge is 0.507 e. The third-order valence-corrected chi connectivity index (χ3v) is 2.04. The van der Waals surface area contributed by atoms with E-state index in [1.807, 2.05) is 0 Å². The Labute approximate surface area is 92.3 Å². The smallest absolute Gasteiger partial charge is 0.339 e. The van der Waals surface area contributed by atoms with Crippen LogP contribution in [0.25, 0.3) is 0 Å². The molecular formula is C11H12O5. The lowest BCUT2D eigenvalue weighted by atomic mass is 10.0. The van der Waals surface area contributed by atoms with Gasteiger partial charge in [0.15, 0.2) is 0 Å². The number of hydrogen-bond acceptors (Lipinski definition) is 4. The first-order valence-corrected chi connectivity index (χ1v) is 4.71. The van der Waals surface area contributed by atoms with Crippen LogP contribution in [-0.2, 0) is 4.74 Å². The van der Waals surface area contributed by atoms with E-state index in [2.05, 4.69) is 0 Å². The van der Waals surface area contributed by atoms with E-state index < -0.39 is 11.9 Å². The summed E-state index contributed by atoms with van der Waals surface area (Å²) in [6.45, 7) is 3.38. The van der Waals surface area contributed by atoms with E-state index in [0.29, 0.717) is 5.56 Å². The van der Waals surface area contributed by atoms with E-state index in [4.69, 9.17) is 9.84 Å². The first kappa shape index (κ1) is 12.0. The van der Waals surface area contributed by atoms with Crippen LogP contribution >= 0.6 is 0 Å². The number of carboxylic acids is 1. The van der Waals surface area contributed by atoms with Crippen LogP contribution in [0.2, 0.25) is 0 Å². The van der Waals surface area contributed by atoms with E-state index in [1.54, 1.807) is 6.92 Å². The molecule has 0 aromatic heterocycles. The molecule has 0 saturated carbocycles. The number of carbonyl (C=O) groups is 2. The fraction of sp³-hybridized carbons (Fsp3) is 0.273. The molecule has 0 aliphatic carbocycles. The highest BCUT2D eigenvalue weighted by Gasteiger charge is 2.17. The molecule has 5 heteroatoms. The van der Waals surface area contributed by atoms with Gasteiger partial charge in [-0.1, -0.05) is 0 Å². The summed E-state index contributed by atoms with van der Waals surface area (Å²) < 4.78 is 4.74. The Hall–Kier alpha value is -2.04. The molecule has 86 valence electrons. The van der Waals surface area contributed by atoms with E-state index in [1.165, 1.54) is 13.0 Å². The number of carboxylic acid groups (broad SMARTS) is 1. The molecule has 16 heavy (non-hydrogen) atoms. The lowest BCUT2D eigenvalue weighted by molar-refractivity contribution is 0.0526. The Morgan fingerprint density at radius 1 is 1.38 bits per heavy atom. The van der Waals surface area contributed by atoms with Crippen molar-refractivity contribution in [3.8, 4) is 5.75 Å². The number of rotatable bonds is 3. The number of phenols is 1. The zero-order valence-electron chi connectivity index (χ0n) is 8.98. The number of aromatic carboxylic acids is 1. The molecule has 0 fully saturated rings. The van der Waals surface area contributed by atoms with E-state index >= 15 is 0 Å². The van der Waals surface area contributed by atoms with Crippen molar-refractivity contribution in [1.29, 1.82) is 0 Å². The van der Waals surface area contributed by atoms with Gasteiger partial charge in [0.2, 0.25) is 0 Å². The number of hydrogen-bond donors (Lipinski definition) is 2. The second-order valence-electron chi connectivity index (χ2n) is 3.21. The summed E-state index contributed by atoms with van der Waals surface area (Å²) in [4.78, 5) is 22.2. The van der Waals surface area contributed by atoms with Gasteiger partial charge in [-0.2, -0.15) is 0 Å². The molecule has 0 spiro atoms. The van der Waals surface area contributed by atoms with E-state index in [0.717, 1.165) is 6.07 Å². The average molecular weight is 224 g/mol. The number of aromatic hydroxyl groups is 1. The zero-order valence-corrected chi connectivity index (χ0v) is 8.98. The number of esters is 1. The second-order valence-corrected chi connectivity index (χ2v) is 3.21. The molecule has 1 aromatic carbocycles. The maximum Gasteiger partial charge on any atom is 0.339 e. The van der Waals surface area contributed by atoms with Crippen molar-refractivity contribution < 1.29 is 24.5 Å². The van der Waals surface area contributed by atoms with Gasteiger partial charge >= 0.3 is 11.9 Å². The maximum absolute atomic E-state index is 11.4. The zero-order chi connectivity index (χ0) is 12.3. The highest BCUT2D eigenvalue weighted by Crippen LogP contribution is 2.24. The summed E-state index contributed by atoms with van der Waals surface area (Å²) >= 11 is 0. The summed E-state index contributed by atoms with van der Waals surface area (Å²) in [5.41, 5.74) is 0.139. The van der Waals surface area contributed by atoms with E-state index in [-0.39, 0.29) is 23.5 Å². The molecule has 0 heterocycles. The lowest BCUT2D eigenvalue weighted by Gasteiger charge is -2.07. The topological polar surface area (TPSA) is 83.8 Å². The van der Waals surface area contributed by atoms with Crippen molar-refractivity contribution in [3.05, 3.63) is 28.8 Å². The highest BCUT2D eigenvalue weighted by atomic mass is 16.5. The third-order valence-electron chi connectivity index (χ3n) is 2.04. The summed E-state index contributed by atoms with van der Waals surface area (Å²) in [7, 11) is 0. The van der Waals surface area contributed by atoms with Crippen molar-refractivity contribution in [3.63, 3.8) is 0 Å². The molecule has 1 aromatic rings. The van der Waals surface area contributed by atoms with Gasteiger partial charge in [-0.05, 0) is 31.5 Å². The Balaban J connectivity index is 3.24. The van der Waals surface area contributed by atoms with Crippen LogP contribution in [0.3, 0.4) is 0 Å². The lowest BCUT2D eigenvalue weighted by Crippen LogP contribution is -2.07. The van der Waals surface area contributed by atoms with Gasteiger partial charge in [-0.25, -0.2) is 9.59 Å². The number of carbonyl (C=O) groups excluding carboxylic acids is 1. The van der Waals surface area contributed by atoms with Gasteiger partial charge < -0.3 is 14.9 Å². The Bertz CT molecular complexity index is 436. The normalized spacial score (nSPS) is 9.88. The third kappa shape index (κ3) is 2.31. The molecule has 0 aliphatic heterocycles. The molecule has 0 saturated heterocycles. The fourth-order valence-electron chi connectivity index (χ4n) is 1.27. The van der Waals surface area contributed by atoms with Crippen LogP contribution in [0.4, 0.5) is 0 Å². The van der Waals surface area contributed by atoms with Gasteiger partial charge in [0, 0.05) is 0 Å². The number of benzene rings is 1. The summed E-state index contributed by atoms with van der Waals surface area (Å²) in [6, 6.07) is 2.49. The summed E-state index contributed by atoms with van der Waals surface area (Å²) in [5, 5.41) is 18.3. The van der Waals surface area contributed by atoms with Crippen LogP contribution < -0.4 is 0 Å². The fourth-order valence-corrected chi connectivity index (χ4v) is 1.27.